The van der Waals surface area contributed by atoms with E-state index in [4.69, 9.17) is 10.5 Å². The molecule has 2 aromatic rings. The van der Waals surface area contributed by atoms with Gasteiger partial charge in [0.15, 0.2) is 0 Å². The summed E-state index contributed by atoms with van der Waals surface area (Å²) in [4.78, 5) is 42.4. The molecular formula is C30H41ClN4O4. The quantitative estimate of drug-likeness (QED) is 0.448. The van der Waals surface area contributed by atoms with E-state index in [0.29, 0.717) is 48.8 Å². The second-order valence-electron chi connectivity index (χ2n) is 10.9. The molecular weight excluding hydrogens is 516 g/mol. The molecule has 0 aliphatic carbocycles. The van der Waals surface area contributed by atoms with Gasteiger partial charge in [-0.1, -0.05) is 39.3 Å². The minimum Gasteiger partial charge on any atom is -0.457 e. The van der Waals surface area contributed by atoms with Gasteiger partial charge >= 0.3 is 0 Å². The predicted molar refractivity (Wildman–Crippen MR) is 154 cm³/mol. The van der Waals surface area contributed by atoms with Gasteiger partial charge in [0.05, 0.1) is 0 Å². The van der Waals surface area contributed by atoms with Crippen LogP contribution in [-0.4, -0.2) is 58.7 Å². The van der Waals surface area contributed by atoms with Gasteiger partial charge in [0.2, 0.25) is 17.7 Å². The van der Waals surface area contributed by atoms with Crippen LogP contribution in [0.5, 0.6) is 11.5 Å². The summed E-state index contributed by atoms with van der Waals surface area (Å²) in [6.07, 6.45) is 3.85. The van der Waals surface area contributed by atoms with Crippen LogP contribution in [0, 0.1) is 5.92 Å². The van der Waals surface area contributed by atoms with Gasteiger partial charge in [-0.05, 0) is 73.6 Å². The number of ether oxygens (including phenoxy) is 1. The Hall–Kier alpha value is -3.10. The molecule has 3 N–H and O–H groups in total. The number of unbranched alkanes of at least 4 members (excludes halogenated alkanes) is 1. The van der Waals surface area contributed by atoms with Gasteiger partial charge in [0, 0.05) is 31.7 Å². The summed E-state index contributed by atoms with van der Waals surface area (Å²) < 4.78 is 5.88. The highest BCUT2D eigenvalue weighted by atomic mass is 35.5. The van der Waals surface area contributed by atoms with Crippen LogP contribution in [0.4, 0.5) is 0 Å². The molecule has 212 valence electrons. The van der Waals surface area contributed by atoms with Crippen LogP contribution in [0.1, 0.15) is 68.8 Å². The summed E-state index contributed by atoms with van der Waals surface area (Å²) in [6.45, 7) is 9.20. The maximum absolute atomic E-state index is 13.4. The van der Waals surface area contributed by atoms with Crippen molar-refractivity contribution in [1.82, 2.24) is 15.1 Å². The normalized spacial score (nSPS) is 19.1. The number of hydrogen-bond acceptors (Lipinski definition) is 5. The molecule has 2 fully saturated rings. The Morgan fingerprint density at radius 3 is 2.18 bits per heavy atom. The number of nitrogens with zero attached hydrogens (tertiary/aromatic N) is 2. The average Bonchev–Trinajstić information content (AvgIpc) is 2.89. The van der Waals surface area contributed by atoms with Crippen molar-refractivity contribution in [2.45, 2.75) is 71.0 Å². The first-order valence-corrected chi connectivity index (χ1v) is 13.7. The van der Waals surface area contributed by atoms with Crippen molar-refractivity contribution < 1.29 is 19.1 Å². The van der Waals surface area contributed by atoms with E-state index in [9.17, 15) is 14.4 Å². The van der Waals surface area contributed by atoms with Crippen LogP contribution in [0.15, 0.2) is 48.5 Å². The summed E-state index contributed by atoms with van der Waals surface area (Å²) in [6, 6.07) is 14.2. The molecule has 8 nitrogen and oxygen atoms in total. The molecule has 2 aromatic carbocycles. The first-order chi connectivity index (χ1) is 18.2. The fourth-order valence-electron chi connectivity index (χ4n) is 5.47. The van der Waals surface area contributed by atoms with E-state index in [1.165, 1.54) is 0 Å². The number of nitrogens with one attached hydrogen (secondary N) is 1. The van der Waals surface area contributed by atoms with E-state index in [-0.39, 0.29) is 24.2 Å². The summed E-state index contributed by atoms with van der Waals surface area (Å²) in [5, 5.41) is 3.08. The molecule has 0 unspecified atom stereocenters. The number of piperidine rings is 1. The van der Waals surface area contributed by atoms with Gasteiger partial charge in [-0.25, -0.2) is 0 Å². The molecule has 4 rings (SSSR count). The van der Waals surface area contributed by atoms with E-state index < -0.39 is 17.5 Å². The number of piperazine rings is 1. The zero-order valence-corrected chi connectivity index (χ0v) is 24.0. The van der Waals surface area contributed by atoms with Crippen LogP contribution in [-0.2, 0) is 16.1 Å². The molecule has 2 saturated heterocycles. The number of likely N-dealkylation sites (tertiary alicyclic amines) is 1. The highest BCUT2D eigenvalue weighted by molar-refractivity contribution is 6.00. The second kappa shape index (κ2) is 13.3. The Bertz CT molecular complexity index is 1130. The third-order valence-corrected chi connectivity index (χ3v) is 7.64. The largest absolute Gasteiger partial charge is 0.457 e. The van der Waals surface area contributed by atoms with Crippen LogP contribution in [0.2, 0.25) is 0 Å². The topological polar surface area (TPSA) is 105 Å². The molecule has 0 bridgehead atoms. The zero-order valence-electron chi connectivity index (χ0n) is 23.2. The van der Waals surface area contributed by atoms with Crippen LogP contribution >= 0.6 is 12.4 Å². The lowest BCUT2D eigenvalue weighted by Gasteiger charge is -2.52. The first kappa shape index (κ1) is 30.4. The van der Waals surface area contributed by atoms with Gasteiger partial charge in [-0.2, -0.15) is 0 Å². The van der Waals surface area contributed by atoms with E-state index in [1.54, 1.807) is 24.3 Å². The molecule has 3 amide bonds. The Labute approximate surface area is 237 Å². The Morgan fingerprint density at radius 1 is 1.05 bits per heavy atom. The van der Waals surface area contributed by atoms with Gasteiger partial charge in [0.25, 0.3) is 0 Å². The molecule has 9 heteroatoms. The monoisotopic (exact) mass is 556 g/mol. The van der Waals surface area contributed by atoms with Crippen molar-refractivity contribution in [3.8, 4) is 11.5 Å². The zero-order chi connectivity index (χ0) is 27.3. The molecule has 0 saturated carbocycles. The van der Waals surface area contributed by atoms with E-state index in [1.807, 2.05) is 29.2 Å². The number of carbonyl (C=O) groups is 3. The van der Waals surface area contributed by atoms with Gasteiger partial charge in [-0.15, -0.1) is 12.4 Å². The molecule has 2 aliphatic rings. The Morgan fingerprint density at radius 2 is 1.64 bits per heavy atom. The third-order valence-electron chi connectivity index (χ3n) is 7.64. The fraction of sp³-hybridized carbons (Fsp3) is 0.500. The standard InChI is InChI=1S/C30H40N4O4.ClH/c1-4-5-16-34-28(36)26(19-21(2)3)32-29(37)30(34)14-17-33(18-15-30)20-22-6-10-24(11-7-22)38-25-12-8-23(9-13-25)27(31)35;/h6-13,21,26H,4-5,14-20H2,1-3H3,(H2,31,35)(H,32,37);1H/t26-;/m0./s1. The summed E-state index contributed by atoms with van der Waals surface area (Å²) in [5.74, 6) is 1.31. The van der Waals surface area contributed by atoms with E-state index in [2.05, 4.69) is 31.0 Å². The maximum Gasteiger partial charge on any atom is 0.248 e. The number of halogens is 1. The van der Waals surface area contributed by atoms with Crippen molar-refractivity contribution in [2.75, 3.05) is 19.6 Å². The second-order valence-corrected chi connectivity index (χ2v) is 10.9. The molecule has 1 spiro atoms. The molecule has 39 heavy (non-hydrogen) atoms. The molecule has 2 heterocycles. The molecule has 0 radical (unpaired) electrons. The van der Waals surface area contributed by atoms with Crippen molar-refractivity contribution in [1.29, 1.82) is 0 Å². The lowest BCUT2D eigenvalue weighted by atomic mass is 9.80. The molecule has 1 atom stereocenters. The number of benzene rings is 2. The number of amides is 3. The summed E-state index contributed by atoms with van der Waals surface area (Å²) >= 11 is 0. The molecule has 0 aromatic heterocycles. The minimum atomic E-state index is -0.738. The third kappa shape index (κ3) is 7.11. The number of primary amides is 1. The summed E-state index contributed by atoms with van der Waals surface area (Å²) in [7, 11) is 0. The fourth-order valence-corrected chi connectivity index (χ4v) is 5.47. The smallest absolute Gasteiger partial charge is 0.248 e. The van der Waals surface area contributed by atoms with Crippen molar-refractivity contribution in [2.24, 2.45) is 11.7 Å². The number of carbonyl (C=O) groups excluding carboxylic acids is 3. The van der Waals surface area contributed by atoms with E-state index in [0.717, 1.165) is 38.0 Å². The average molecular weight is 557 g/mol. The summed E-state index contributed by atoms with van der Waals surface area (Å²) in [5.41, 5.74) is 6.15. The SMILES string of the molecule is CCCCN1C(=O)[C@H](CC(C)C)NC(=O)C12CCN(Cc1ccc(Oc3ccc(C(N)=O)cc3)cc1)CC2.Cl. The van der Waals surface area contributed by atoms with Crippen LogP contribution in [0.3, 0.4) is 0 Å². The van der Waals surface area contributed by atoms with Gasteiger partial charge in [-0.3, -0.25) is 19.3 Å². The first-order valence-electron chi connectivity index (χ1n) is 13.7. The predicted octanol–water partition coefficient (Wildman–Crippen LogP) is 4.51. The van der Waals surface area contributed by atoms with Crippen molar-refractivity contribution in [3.63, 3.8) is 0 Å². The number of nitrogens with two attached hydrogens (primary N) is 1. The highest BCUT2D eigenvalue weighted by Crippen LogP contribution is 2.35. The van der Waals surface area contributed by atoms with Crippen LogP contribution < -0.4 is 15.8 Å². The highest BCUT2D eigenvalue weighted by Gasteiger charge is 2.53. The van der Waals surface area contributed by atoms with Crippen LogP contribution in [0.25, 0.3) is 0 Å². The molecule has 2 aliphatic heterocycles. The maximum atomic E-state index is 13.4. The van der Waals surface area contributed by atoms with Crippen molar-refractivity contribution in [3.05, 3.63) is 59.7 Å². The lowest BCUT2D eigenvalue weighted by Crippen LogP contribution is -2.73. The number of rotatable bonds is 10. The Kier molecular flexibility index (Phi) is 10.4. The van der Waals surface area contributed by atoms with E-state index >= 15 is 0 Å². The number of hydrogen-bond donors (Lipinski definition) is 2. The van der Waals surface area contributed by atoms with Gasteiger partial charge < -0.3 is 20.7 Å². The van der Waals surface area contributed by atoms with Gasteiger partial charge in [0.1, 0.15) is 23.1 Å². The lowest BCUT2D eigenvalue weighted by molar-refractivity contribution is -0.161. The van der Waals surface area contributed by atoms with Crippen molar-refractivity contribution >= 4 is 30.1 Å². The minimum absolute atomic E-state index is 0. The Balaban J connectivity index is 0.00000420.